The van der Waals surface area contributed by atoms with Crippen molar-refractivity contribution in [2.75, 3.05) is 13.0 Å². The molecule has 0 saturated carbocycles. The summed E-state index contributed by atoms with van der Waals surface area (Å²) in [6.45, 7) is 4.62. The average Bonchev–Trinajstić information content (AvgIpc) is 3.16. The van der Waals surface area contributed by atoms with Gasteiger partial charge in [0.05, 0.1) is 11.5 Å². The summed E-state index contributed by atoms with van der Waals surface area (Å²) in [6.07, 6.45) is 7.21. The summed E-state index contributed by atoms with van der Waals surface area (Å²) in [6, 6.07) is 15.8. The van der Waals surface area contributed by atoms with Crippen molar-refractivity contribution in [1.29, 1.82) is 0 Å². The SMILES string of the molecule is CCC1(C)C=CC=C1C(CO)c1ccccc1.O=PCOS(=O)(=O)c1ccc(Cl)cc1. The van der Waals surface area contributed by atoms with Gasteiger partial charge in [-0.1, -0.05) is 79.6 Å². The van der Waals surface area contributed by atoms with Crippen molar-refractivity contribution in [3.8, 4) is 0 Å². The first-order valence-electron chi connectivity index (χ1n) is 9.77. The first kappa shape index (κ1) is 25.4. The molecule has 0 aliphatic heterocycles. The molecule has 0 saturated heterocycles. The van der Waals surface area contributed by atoms with Crippen molar-refractivity contribution < 1.29 is 22.3 Å². The van der Waals surface area contributed by atoms with Crippen LogP contribution >= 0.6 is 20.1 Å². The number of halogens is 1. The molecule has 31 heavy (non-hydrogen) atoms. The molecule has 2 unspecified atom stereocenters. The van der Waals surface area contributed by atoms with E-state index in [1.165, 1.54) is 35.4 Å². The van der Waals surface area contributed by atoms with E-state index in [0.717, 1.165) is 6.42 Å². The van der Waals surface area contributed by atoms with Gasteiger partial charge >= 0.3 is 0 Å². The van der Waals surface area contributed by atoms with Gasteiger partial charge in [0.25, 0.3) is 10.1 Å². The third kappa shape index (κ3) is 6.83. The molecule has 166 valence electrons. The number of hydrogen-bond donors (Lipinski definition) is 1. The third-order valence-corrected chi connectivity index (χ3v) is 7.20. The highest BCUT2D eigenvalue weighted by atomic mass is 35.5. The van der Waals surface area contributed by atoms with Crippen LogP contribution in [0.25, 0.3) is 0 Å². The monoisotopic (exact) mass is 480 g/mol. The lowest BCUT2D eigenvalue weighted by atomic mass is 9.74. The Balaban J connectivity index is 0.000000225. The molecule has 0 amide bonds. The minimum Gasteiger partial charge on any atom is -0.395 e. The van der Waals surface area contributed by atoms with E-state index < -0.39 is 10.1 Å². The minimum atomic E-state index is -3.80. The fourth-order valence-corrected chi connectivity index (χ4v) is 4.77. The van der Waals surface area contributed by atoms with Gasteiger partial charge in [0, 0.05) is 16.4 Å². The summed E-state index contributed by atoms with van der Waals surface area (Å²) in [4.78, 5) is -0.00875. The van der Waals surface area contributed by atoms with Gasteiger partial charge in [-0.25, -0.2) is 0 Å². The van der Waals surface area contributed by atoms with E-state index in [4.69, 9.17) is 11.6 Å². The third-order valence-electron chi connectivity index (χ3n) is 5.26. The Morgan fingerprint density at radius 2 is 1.77 bits per heavy atom. The smallest absolute Gasteiger partial charge is 0.297 e. The number of aliphatic hydroxyl groups is 1. The molecule has 1 aliphatic carbocycles. The Morgan fingerprint density at radius 3 is 2.32 bits per heavy atom. The Morgan fingerprint density at radius 1 is 1.13 bits per heavy atom. The van der Waals surface area contributed by atoms with Crippen LogP contribution in [-0.4, -0.2) is 26.5 Å². The van der Waals surface area contributed by atoms with E-state index in [0.29, 0.717) is 5.02 Å². The maximum absolute atomic E-state index is 11.3. The molecule has 1 aliphatic rings. The fraction of sp³-hybridized carbons (Fsp3) is 0.304. The predicted molar refractivity (Wildman–Crippen MR) is 124 cm³/mol. The first-order chi connectivity index (χ1) is 14.8. The Labute approximate surface area is 190 Å². The second-order valence-corrected chi connectivity index (χ2v) is 9.75. The van der Waals surface area contributed by atoms with Crippen molar-refractivity contribution in [3.05, 3.63) is 89.0 Å². The van der Waals surface area contributed by atoms with Crippen LogP contribution < -0.4 is 0 Å². The molecule has 2 aromatic rings. The lowest BCUT2D eigenvalue weighted by molar-refractivity contribution is 0.266. The standard InChI is InChI=1S/C16H20O.C7H6ClO4PS/c1-3-16(2)11-7-10-15(16)14(12-17)13-8-5-4-6-9-13;8-6-1-3-7(4-2-6)14(10,11)12-5-13-9/h4-11,14,17H,3,12H2,1-2H3;1-4H,5H2. The van der Waals surface area contributed by atoms with E-state index in [-0.39, 0.29) is 37.6 Å². The molecule has 0 aromatic heterocycles. The van der Waals surface area contributed by atoms with Gasteiger partial charge in [0.15, 0.2) is 8.46 Å². The highest BCUT2D eigenvalue weighted by Crippen LogP contribution is 2.44. The number of benzene rings is 2. The zero-order valence-electron chi connectivity index (χ0n) is 17.4. The van der Waals surface area contributed by atoms with Crippen LogP contribution in [0.3, 0.4) is 0 Å². The van der Waals surface area contributed by atoms with Crippen LogP contribution in [0, 0.1) is 5.41 Å². The Hall–Kier alpha value is -1.82. The lowest BCUT2D eigenvalue weighted by Gasteiger charge is -2.30. The van der Waals surface area contributed by atoms with Gasteiger partial charge < -0.3 is 5.11 Å². The average molecular weight is 481 g/mol. The Kier molecular flexibility index (Phi) is 9.60. The molecule has 0 spiro atoms. The maximum Gasteiger partial charge on any atom is 0.297 e. The molecule has 1 N–H and O–H groups in total. The molecule has 2 aromatic carbocycles. The summed E-state index contributed by atoms with van der Waals surface area (Å²) >= 11 is 5.58. The highest BCUT2D eigenvalue weighted by Gasteiger charge is 2.32. The van der Waals surface area contributed by atoms with E-state index in [2.05, 4.69) is 48.4 Å². The minimum absolute atomic E-state index is 0.00875. The zero-order chi connectivity index (χ0) is 22.9. The number of aliphatic hydroxyl groups excluding tert-OH is 1. The normalized spacial score (nSPS) is 18.9. The van der Waals surface area contributed by atoms with Gasteiger partial charge in [-0.15, -0.1) is 0 Å². The van der Waals surface area contributed by atoms with E-state index in [1.54, 1.807) is 0 Å². The van der Waals surface area contributed by atoms with Crippen LogP contribution in [0.15, 0.2) is 83.3 Å². The van der Waals surface area contributed by atoms with Crippen LogP contribution in [0.4, 0.5) is 0 Å². The summed E-state index contributed by atoms with van der Waals surface area (Å²) in [7, 11) is -4.18. The van der Waals surface area contributed by atoms with Crippen molar-refractivity contribution in [2.24, 2.45) is 5.41 Å². The number of rotatable bonds is 8. The molecule has 2 atom stereocenters. The zero-order valence-corrected chi connectivity index (χ0v) is 19.9. The van der Waals surface area contributed by atoms with Crippen LogP contribution in [-0.2, 0) is 18.9 Å². The van der Waals surface area contributed by atoms with Crippen molar-refractivity contribution in [3.63, 3.8) is 0 Å². The van der Waals surface area contributed by atoms with Gasteiger partial charge in [-0.3, -0.25) is 8.75 Å². The van der Waals surface area contributed by atoms with Gasteiger partial charge in [-0.2, -0.15) is 8.42 Å². The second kappa shape index (κ2) is 11.7. The fourth-order valence-electron chi connectivity index (χ4n) is 3.32. The molecule has 8 heteroatoms. The molecular weight excluding hydrogens is 455 g/mol. The first-order valence-corrected chi connectivity index (χ1v) is 12.6. The summed E-state index contributed by atoms with van der Waals surface area (Å²) in [5.74, 6) is 0.121. The molecule has 3 rings (SSSR count). The second-order valence-electron chi connectivity index (χ2n) is 7.18. The van der Waals surface area contributed by atoms with Crippen LogP contribution in [0.2, 0.25) is 5.02 Å². The molecule has 0 heterocycles. The van der Waals surface area contributed by atoms with Gasteiger partial charge in [-0.05, 0) is 36.2 Å². The summed E-state index contributed by atoms with van der Waals surface area (Å²) < 4.78 is 37.0. The molecule has 0 bridgehead atoms. The molecule has 5 nitrogen and oxygen atoms in total. The van der Waals surface area contributed by atoms with Crippen LogP contribution in [0.1, 0.15) is 31.7 Å². The topological polar surface area (TPSA) is 80.7 Å². The van der Waals surface area contributed by atoms with Crippen molar-refractivity contribution >= 4 is 30.2 Å². The predicted octanol–water partition coefficient (Wildman–Crippen LogP) is 5.97. The van der Waals surface area contributed by atoms with Gasteiger partial charge in [0.2, 0.25) is 0 Å². The summed E-state index contributed by atoms with van der Waals surface area (Å²) in [5, 5.41) is 10.1. The molecule has 0 fully saturated rings. The number of hydrogen-bond acceptors (Lipinski definition) is 5. The Bertz CT molecular complexity index is 1020. The van der Waals surface area contributed by atoms with Gasteiger partial charge in [0.1, 0.15) is 6.35 Å². The number of allylic oxidation sites excluding steroid dienone is 3. The highest BCUT2D eigenvalue weighted by molar-refractivity contribution is 7.86. The molecular formula is C23H26ClO5PS. The lowest BCUT2D eigenvalue weighted by Crippen LogP contribution is -2.20. The largest absolute Gasteiger partial charge is 0.395 e. The van der Waals surface area contributed by atoms with E-state index in [9.17, 15) is 18.1 Å². The maximum atomic E-state index is 11.3. The van der Waals surface area contributed by atoms with Crippen molar-refractivity contribution in [2.45, 2.75) is 31.1 Å². The van der Waals surface area contributed by atoms with Crippen LogP contribution in [0.5, 0.6) is 0 Å². The summed E-state index contributed by atoms with van der Waals surface area (Å²) in [5.41, 5.74) is 2.63. The van der Waals surface area contributed by atoms with E-state index >= 15 is 0 Å². The van der Waals surface area contributed by atoms with Crippen molar-refractivity contribution in [1.82, 2.24) is 0 Å². The molecule has 0 radical (unpaired) electrons. The quantitative estimate of drug-likeness (QED) is 0.372. The van der Waals surface area contributed by atoms with E-state index in [1.807, 2.05) is 18.2 Å².